The summed E-state index contributed by atoms with van der Waals surface area (Å²) < 4.78 is 1.66. The lowest BCUT2D eigenvalue weighted by Gasteiger charge is -2.18. The maximum atomic E-state index is 12.0. The summed E-state index contributed by atoms with van der Waals surface area (Å²) in [6.07, 6.45) is 3.67. The fourth-order valence-corrected chi connectivity index (χ4v) is 2.35. The van der Waals surface area contributed by atoms with Gasteiger partial charge in [-0.05, 0) is 5.92 Å². The summed E-state index contributed by atoms with van der Waals surface area (Å²) in [4.78, 5) is 25.6. The summed E-state index contributed by atoms with van der Waals surface area (Å²) in [6, 6.07) is 0. The average molecular weight is 279 g/mol. The van der Waals surface area contributed by atoms with Gasteiger partial charge in [-0.15, -0.1) is 5.10 Å². The molecular weight excluding hydrogens is 258 g/mol. The first-order valence-corrected chi connectivity index (χ1v) is 6.96. The van der Waals surface area contributed by atoms with Crippen LogP contribution in [-0.4, -0.2) is 51.3 Å². The SMILES string of the molecule is CC(C)CN1C[C@@H](C(=O)NCCn2ccnn2)CC1=O. The van der Waals surface area contributed by atoms with E-state index >= 15 is 0 Å². The number of rotatable bonds is 6. The summed E-state index contributed by atoms with van der Waals surface area (Å²) >= 11 is 0. The van der Waals surface area contributed by atoms with Crippen LogP contribution in [-0.2, 0) is 16.1 Å². The highest BCUT2D eigenvalue weighted by atomic mass is 16.2. The molecule has 1 aromatic rings. The molecule has 0 saturated carbocycles. The largest absolute Gasteiger partial charge is 0.354 e. The van der Waals surface area contributed by atoms with Crippen LogP contribution in [0.15, 0.2) is 12.4 Å². The molecule has 7 heteroatoms. The van der Waals surface area contributed by atoms with Gasteiger partial charge < -0.3 is 10.2 Å². The van der Waals surface area contributed by atoms with E-state index in [0.29, 0.717) is 32.0 Å². The van der Waals surface area contributed by atoms with E-state index in [1.54, 1.807) is 22.0 Å². The molecule has 1 aliphatic rings. The van der Waals surface area contributed by atoms with Crippen molar-refractivity contribution in [1.82, 2.24) is 25.2 Å². The molecule has 2 rings (SSSR count). The van der Waals surface area contributed by atoms with E-state index in [2.05, 4.69) is 29.5 Å². The third-order valence-corrected chi connectivity index (χ3v) is 3.28. The van der Waals surface area contributed by atoms with Gasteiger partial charge in [0, 0.05) is 32.3 Å². The molecular formula is C13H21N5O2. The third kappa shape index (κ3) is 3.79. The summed E-state index contributed by atoms with van der Waals surface area (Å²) in [5.74, 6) is 0.227. The molecule has 110 valence electrons. The molecule has 0 unspecified atom stereocenters. The highest BCUT2D eigenvalue weighted by Gasteiger charge is 2.34. The predicted octanol–water partition coefficient (Wildman–Crippen LogP) is -0.101. The van der Waals surface area contributed by atoms with E-state index in [-0.39, 0.29) is 17.7 Å². The quantitative estimate of drug-likeness (QED) is 0.788. The molecule has 7 nitrogen and oxygen atoms in total. The van der Waals surface area contributed by atoms with Crippen molar-refractivity contribution in [3.63, 3.8) is 0 Å². The lowest BCUT2D eigenvalue weighted by molar-refractivity contribution is -0.129. The number of carbonyl (C=O) groups is 2. The van der Waals surface area contributed by atoms with Gasteiger partial charge >= 0.3 is 0 Å². The van der Waals surface area contributed by atoms with Crippen LogP contribution < -0.4 is 5.32 Å². The second-order valence-corrected chi connectivity index (χ2v) is 5.55. The number of hydrogen-bond acceptors (Lipinski definition) is 4. The van der Waals surface area contributed by atoms with Gasteiger partial charge in [0.25, 0.3) is 0 Å². The standard InChI is InChI=1S/C13H21N5O2/c1-10(2)8-17-9-11(7-12(17)19)13(20)14-3-5-18-6-4-15-16-18/h4,6,10-11H,3,5,7-9H2,1-2H3,(H,14,20)/t11-/m0/s1. The molecule has 1 aliphatic heterocycles. The Balaban J connectivity index is 1.74. The maximum Gasteiger partial charge on any atom is 0.225 e. The van der Waals surface area contributed by atoms with Crippen LogP contribution in [0.5, 0.6) is 0 Å². The van der Waals surface area contributed by atoms with Gasteiger partial charge in [0.15, 0.2) is 0 Å². The fourth-order valence-electron chi connectivity index (χ4n) is 2.35. The predicted molar refractivity (Wildman–Crippen MR) is 72.6 cm³/mol. The molecule has 0 bridgehead atoms. The molecule has 1 saturated heterocycles. The molecule has 2 amide bonds. The van der Waals surface area contributed by atoms with Crippen molar-refractivity contribution >= 4 is 11.8 Å². The lowest BCUT2D eigenvalue weighted by atomic mass is 10.1. The van der Waals surface area contributed by atoms with Crippen LogP contribution in [0, 0.1) is 11.8 Å². The number of amides is 2. The monoisotopic (exact) mass is 279 g/mol. The Bertz CT molecular complexity index is 457. The summed E-state index contributed by atoms with van der Waals surface area (Å²) in [5.41, 5.74) is 0. The molecule has 0 aliphatic carbocycles. The Morgan fingerprint density at radius 1 is 1.55 bits per heavy atom. The topological polar surface area (TPSA) is 80.1 Å². The summed E-state index contributed by atoms with van der Waals surface area (Å²) in [7, 11) is 0. The second-order valence-electron chi connectivity index (χ2n) is 5.55. The maximum absolute atomic E-state index is 12.0. The van der Waals surface area contributed by atoms with E-state index in [1.807, 2.05) is 0 Å². The number of aromatic nitrogens is 3. The molecule has 1 aromatic heterocycles. The van der Waals surface area contributed by atoms with Crippen molar-refractivity contribution in [3.8, 4) is 0 Å². The zero-order valence-electron chi connectivity index (χ0n) is 12.0. The summed E-state index contributed by atoms with van der Waals surface area (Å²) in [5, 5.41) is 10.4. The number of nitrogens with one attached hydrogen (secondary N) is 1. The van der Waals surface area contributed by atoms with Gasteiger partial charge in [-0.2, -0.15) is 0 Å². The normalized spacial score (nSPS) is 18.9. The molecule has 20 heavy (non-hydrogen) atoms. The lowest BCUT2D eigenvalue weighted by Crippen LogP contribution is -2.35. The Kier molecular flexibility index (Phi) is 4.70. The van der Waals surface area contributed by atoms with Crippen molar-refractivity contribution in [1.29, 1.82) is 0 Å². The van der Waals surface area contributed by atoms with Crippen LogP contribution in [0.2, 0.25) is 0 Å². The average Bonchev–Trinajstić information content (AvgIpc) is 3.00. The number of nitrogens with zero attached hydrogens (tertiary/aromatic N) is 4. The molecule has 0 radical (unpaired) electrons. The van der Waals surface area contributed by atoms with Crippen molar-refractivity contribution in [2.24, 2.45) is 11.8 Å². The van der Waals surface area contributed by atoms with Crippen molar-refractivity contribution in [2.45, 2.75) is 26.8 Å². The molecule has 1 atom stereocenters. The molecule has 0 aromatic carbocycles. The highest BCUT2D eigenvalue weighted by molar-refractivity contribution is 5.89. The van der Waals surface area contributed by atoms with Gasteiger partial charge in [0.1, 0.15) is 0 Å². The molecule has 2 heterocycles. The Morgan fingerprint density at radius 3 is 3.00 bits per heavy atom. The first kappa shape index (κ1) is 14.5. The minimum atomic E-state index is -0.225. The van der Waals surface area contributed by atoms with E-state index in [1.165, 1.54) is 0 Å². The van der Waals surface area contributed by atoms with Gasteiger partial charge in [-0.3, -0.25) is 14.3 Å². The van der Waals surface area contributed by atoms with E-state index in [9.17, 15) is 9.59 Å². The molecule has 0 spiro atoms. The van der Waals surface area contributed by atoms with Crippen LogP contribution in [0.4, 0.5) is 0 Å². The minimum Gasteiger partial charge on any atom is -0.354 e. The number of likely N-dealkylation sites (tertiary alicyclic amines) is 1. The molecule has 1 fully saturated rings. The van der Waals surface area contributed by atoms with Crippen LogP contribution in [0.1, 0.15) is 20.3 Å². The fraction of sp³-hybridized carbons (Fsp3) is 0.692. The first-order valence-electron chi connectivity index (χ1n) is 6.96. The van der Waals surface area contributed by atoms with Crippen molar-refractivity contribution < 1.29 is 9.59 Å². The van der Waals surface area contributed by atoms with Crippen LogP contribution in [0.25, 0.3) is 0 Å². The summed E-state index contributed by atoms with van der Waals surface area (Å²) in [6.45, 7) is 6.48. The minimum absolute atomic E-state index is 0.0512. The van der Waals surface area contributed by atoms with Crippen LogP contribution in [0.3, 0.4) is 0 Å². The Morgan fingerprint density at radius 2 is 2.35 bits per heavy atom. The van der Waals surface area contributed by atoms with Crippen LogP contribution >= 0.6 is 0 Å². The van der Waals surface area contributed by atoms with Gasteiger partial charge in [-0.25, -0.2) is 0 Å². The molecule has 1 N–H and O–H groups in total. The van der Waals surface area contributed by atoms with Crippen molar-refractivity contribution in [2.75, 3.05) is 19.6 Å². The van der Waals surface area contributed by atoms with Crippen molar-refractivity contribution in [3.05, 3.63) is 12.4 Å². The zero-order chi connectivity index (χ0) is 14.5. The van der Waals surface area contributed by atoms with E-state index in [4.69, 9.17) is 0 Å². The third-order valence-electron chi connectivity index (χ3n) is 3.28. The second kappa shape index (κ2) is 6.49. The van der Waals surface area contributed by atoms with Gasteiger partial charge in [0.2, 0.25) is 11.8 Å². The Labute approximate surface area is 118 Å². The smallest absolute Gasteiger partial charge is 0.225 e. The van der Waals surface area contributed by atoms with Gasteiger partial charge in [0.05, 0.1) is 18.7 Å². The number of hydrogen-bond donors (Lipinski definition) is 1. The van der Waals surface area contributed by atoms with E-state index < -0.39 is 0 Å². The highest BCUT2D eigenvalue weighted by Crippen LogP contribution is 2.19. The number of carbonyl (C=O) groups excluding carboxylic acids is 2. The van der Waals surface area contributed by atoms with E-state index in [0.717, 1.165) is 6.54 Å². The zero-order valence-corrected chi connectivity index (χ0v) is 12.0. The Hall–Kier alpha value is -1.92. The van der Waals surface area contributed by atoms with Gasteiger partial charge in [-0.1, -0.05) is 19.1 Å². The first-order chi connectivity index (χ1) is 9.56.